The van der Waals surface area contributed by atoms with Crippen LogP contribution in [0.1, 0.15) is 13.0 Å². The van der Waals surface area contributed by atoms with Crippen molar-refractivity contribution in [3.05, 3.63) is 58.9 Å². The van der Waals surface area contributed by atoms with Gasteiger partial charge in [-0.15, -0.1) is 0 Å². The molecule has 0 aliphatic carbocycles. The second-order valence-electron chi connectivity index (χ2n) is 5.99. The van der Waals surface area contributed by atoms with Crippen LogP contribution in [0.3, 0.4) is 0 Å². The second kappa shape index (κ2) is 6.51. The molecule has 3 aromatic rings. The molecule has 0 unspecified atom stereocenters. The van der Waals surface area contributed by atoms with Gasteiger partial charge in [0.2, 0.25) is 11.3 Å². The largest absolute Gasteiger partial charge is 0.486 e. The third-order valence-electron chi connectivity index (χ3n) is 4.27. The first kappa shape index (κ1) is 16.1. The average Bonchev–Trinajstić information content (AvgIpc) is 2.68. The van der Waals surface area contributed by atoms with E-state index in [2.05, 4.69) is 10.4 Å². The van der Waals surface area contributed by atoms with E-state index in [4.69, 9.17) is 9.47 Å². The Labute approximate surface area is 149 Å². The number of carbonyl (C=O) groups is 1. The molecule has 4 rings (SSSR count). The van der Waals surface area contributed by atoms with Crippen LogP contribution in [0.4, 0.5) is 5.69 Å². The summed E-state index contributed by atoms with van der Waals surface area (Å²) in [6.45, 7) is 2.73. The van der Waals surface area contributed by atoms with Gasteiger partial charge in [0, 0.05) is 17.1 Å². The van der Waals surface area contributed by atoms with Gasteiger partial charge in [-0.05, 0) is 31.2 Å². The molecule has 0 radical (unpaired) electrons. The molecule has 1 aromatic heterocycles. The molecule has 132 valence electrons. The normalized spacial score (nSPS) is 14.0. The van der Waals surface area contributed by atoms with E-state index < -0.39 is 6.04 Å². The first-order chi connectivity index (χ1) is 12.6. The molecule has 1 atom stereocenters. The Hall–Kier alpha value is -3.35. The lowest BCUT2D eigenvalue weighted by Crippen LogP contribution is -2.27. The number of fused-ring (bicyclic) bond motifs is 2. The smallest absolute Gasteiger partial charge is 0.248 e. The number of amides is 1. The van der Waals surface area contributed by atoms with Gasteiger partial charge in [-0.25, -0.2) is 0 Å². The second-order valence-corrected chi connectivity index (χ2v) is 5.99. The number of nitrogens with zero attached hydrogens (tertiary/aromatic N) is 2. The van der Waals surface area contributed by atoms with E-state index in [9.17, 15) is 9.59 Å². The quantitative estimate of drug-likeness (QED) is 0.783. The number of hydrogen-bond donors (Lipinski definition) is 1. The number of ether oxygens (including phenoxy) is 2. The number of nitrogens with one attached hydrogen (secondary N) is 1. The van der Waals surface area contributed by atoms with Gasteiger partial charge in [0.1, 0.15) is 19.3 Å². The SMILES string of the molecule is C[C@@H](C(=O)Nc1ccc2c(c1)OCCO2)n1ncc(=O)c2ccccc21. The summed E-state index contributed by atoms with van der Waals surface area (Å²) >= 11 is 0. The third kappa shape index (κ3) is 2.88. The Kier molecular flexibility index (Phi) is 4.04. The number of aromatic nitrogens is 2. The van der Waals surface area contributed by atoms with Gasteiger partial charge in [-0.3, -0.25) is 14.3 Å². The van der Waals surface area contributed by atoms with Crippen LogP contribution in [0.15, 0.2) is 53.5 Å². The lowest BCUT2D eigenvalue weighted by molar-refractivity contribution is -0.119. The molecular weight excluding hydrogens is 334 g/mol. The number of anilines is 1. The van der Waals surface area contributed by atoms with E-state index in [1.54, 1.807) is 48.0 Å². The zero-order valence-electron chi connectivity index (χ0n) is 14.1. The lowest BCUT2D eigenvalue weighted by atomic mass is 10.2. The Balaban J connectivity index is 1.61. The first-order valence-electron chi connectivity index (χ1n) is 8.30. The molecule has 1 aliphatic rings. The highest BCUT2D eigenvalue weighted by atomic mass is 16.6. The Bertz CT molecular complexity index is 1040. The number of para-hydroxylation sites is 1. The van der Waals surface area contributed by atoms with Gasteiger partial charge < -0.3 is 14.8 Å². The molecule has 1 aliphatic heterocycles. The molecule has 7 nitrogen and oxygen atoms in total. The van der Waals surface area contributed by atoms with Gasteiger partial charge in [-0.1, -0.05) is 12.1 Å². The molecule has 1 amide bonds. The molecule has 0 saturated heterocycles. The first-order valence-corrected chi connectivity index (χ1v) is 8.30. The summed E-state index contributed by atoms with van der Waals surface area (Å²) < 4.78 is 12.6. The summed E-state index contributed by atoms with van der Waals surface area (Å²) in [4.78, 5) is 24.6. The summed E-state index contributed by atoms with van der Waals surface area (Å²) in [5, 5.41) is 7.52. The molecule has 0 spiro atoms. The van der Waals surface area contributed by atoms with E-state index in [0.29, 0.717) is 41.3 Å². The Morgan fingerprint density at radius 1 is 1.15 bits per heavy atom. The highest BCUT2D eigenvalue weighted by molar-refractivity contribution is 5.94. The predicted octanol–water partition coefficient (Wildman–Crippen LogP) is 2.37. The zero-order valence-corrected chi connectivity index (χ0v) is 14.1. The molecule has 0 saturated carbocycles. The summed E-state index contributed by atoms with van der Waals surface area (Å²) in [5.74, 6) is 1.02. The molecule has 26 heavy (non-hydrogen) atoms. The maximum atomic E-state index is 12.7. The fourth-order valence-corrected chi connectivity index (χ4v) is 2.92. The van der Waals surface area contributed by atoms with Gasteiger partial charge in [0.25, 0.3) is 0 Å². The van der Waals surface area contributed by atoms with Gasteiger partial charge in [0.15, 0.2) is 11.5 Å². The minimum Gasteiger partial charge on any atom is -0.486 e. The molecule has 2 heterocycles. The van der Waals surface area contributed by atoms with E-state index in [1.165, 1.54) is 6.20 Å². The van der Waals surface area contributed by atoms with Crippen LogP contribution in [-0.2, 0) is 4.79 Å². The van der Waals surface area contributed by atoms with E-state index in [1.807, 2.05) is 6.07 Å². The van der Waals surface area contributed by atoms with Crippen molar-refractivity contribution in [1.29, 1.82) is 0 Å². The highest BCUT2D eigenvalue weighted by Gasteiger charge is 2.19. The van der Waals surface area contributed by atoms with Crippen LogP contribution < -0.4 is 20.2 Å². The fraction of sp³-hybridized carbons (Fsp3) is 0.211. The number of rotatable bonds is 3. The standard InChI is InChI=1S/C19H17N3O4/c1-12(22-15-5-3-2-4-14(15)16(23)11-20-22)19(24)21-13-6-7-17-18(10-13)26-9-8-25-17/h2-7,10-12H,8-9H2,1H3,(H,21,24)/t12-/m0/s1. The van der Waals surface area contributed by atoms with Crippen LogP contribution in [0, 0.1) is 0 Å². The average molecular weight is 351 g/mol. The monoisotopic (exact) mass is 351 g/mol. The van der Waals surface area contributed by atoms with Crippen molar-refractivity contribution < 1.29 is 14.3 Å². The van der Waals surface area contributed by atoms with Gasteiger partial charge in [-0.2, -0.15) is 5.10 Å². The molecule has 7 heteroatoms. The van der Waals surface area contributed by atoms with Crippen molar-refractivity contribution in [3.8, 4) is 11.5 Å². The molecule has 1 N–H and O–H groups in total. The number of carbonyl (C=O) groups excluding carboxylic acids is 1. The topological polar surface area (TPSA) is 82.4 Å². The van der Waals surface area contributed by atoms with Crippen molar-refractivity contribution in [2.75, 3.05) is 18.5 Å². The number of hydrogen-bond acceptors (Lipinski definition) is 5. The summed E-state index contributed by atoms with van der Waals surface area (Å²) in [6, 6.07) is 11.7. The third-order valence-corrected chi connectivity index (χ3v) is 4.27. The Morgan fingerprint density at radius 2 is 1.92 bits per heavy atom. The van der Waals surface area contributed by atoms with Crippen molar-refractivity contribution in [2.45, 2.75) is 13.0 Å². The number of benzene rings is 2. The lowest BCUT2D eigenvalue weighted by Gasteiger charge is -2.20. The minimum atomic E-state index is -0.603. The summed E-state index contributed by atoms with van der Waals surface area (Å²) in [6.07, 6.45) is 1.23. The maximum Gasteiger partial charge on any atom is 0.248 e. The van der Waals surface area contributed by atoms with E-state index in [0.717, 1.165) is 0 Å². The molecule has 2 aromatic carbocycles. The van der Waals surface area contributed by atoms with E-state index in [-0.39, 0.29) is 11.3 Å². The van der Waals surface area contributed by atoms with Gasteiger partial charge >= 0.3 is 0 Å². The van der Waals surface area contributed by atoms with Crippen molar-refractivity contribution in [1.82, 2.24) is 9.78 Å². The Morgan fingerprint density at radius 3 is 2.77 bits per heavy atom. The van der Waals surface area contributed by atoms with Crippen molar-refractivity contribution >= 4 is 22.5 Å². The van der Waals surface area contributed by atoms with Crippen LogP contribution >= 0.6 is 0 Å². The summed E-state index contributed by atoms with van der Waals surface area (Å²) in [5.41, 5.74) is 1.05. The van der Waals surface area contributed by atoms with Gasteiger partial charge in [0.05, 0.1) is 11.7 Å². The van der Waals surface area contributed by atoms with Crippen LogP contribution in [0.5, 0.6) is 11.5 Å². The molecular formula is C19H17N3O4. The van der Waals surface area contributed by atoms with E-state index >= 15 is 0 Å². The summed E-state index contributed by atoms with van der Waals surface area (Å²) in [7, 11) is 0. The predicted molar refractivity (Wildman–Crippen MR) is 96.8 cm³/mol. The maximum absolute atomic E-state index is 12.7. The van der Waals surface area contributed by atoms with Crippen LogP contribution in [-0.4, -0.2) is 28.9 Å². The zero-order chi connectivity index (χ0) is 18.1. The minimum absolute atomic E-state index is 0.170. The van der Waals surface area contributed by atoms with Crippen molar-refractivity contribution in [2.24, 2.45) is 0 Å². The fourth-order valence-electron chi connectivity index (χ4n) is 2.92. The highest BCUT2D eigenvalue weighted by Crippen LogP contribution is 2.32. The van der Waals surface area contributed by atoms with Crippen LogP contribution in [0.25, 0.3) is 10.9 Å². The molecule has 0 bridgehead atoms. The van der Waals surface area contributed by atoms with Crippen molar-refractivity contribution in [3.63, 3.8) is 0 Å². The molecule has 0 fully saturated rings. The van der Waals surface area contributed by atoms with Crippen LogP contribution in [0.2, 0.25) is 0 Å².